The molecule has 0 aliphatic heterocycles. The lowest BCUT2D eigenvalue weighted by atomic mass is 9.96. The second kappa shape index (κ2) is 5.54. The van der Waals surface area contributed by atoms with Gasteiger partial charge in [-0.1, -0.05) is 20.8 Å². The van der Waals surface area contributed by atoms with Crippen LogP contribution in [0.3, 0.4) is 0 Å². The van der Waals surface area contributed by atoms with Gasteiger partial charge in [-0.05, 0) is 22.9 Å². The first-order valence-corrected chi connectivity index (χ1v) is 7.72. The molecule has 0 unspecified atom stereocenters. The van der Waals surface area contributed by atoms with E-state index in [2.05, 4.69) is 57.0 Å². The molecule has 0 fully saturated rings. The Morgan fingerprint density at radius 1 is 1.26 bits per heavy atom. The minimum atomic E-state index is -0.0714. The SMILES string of the molecule is Cc1csc(CNc2cc(Br)nc(C(C)(C)C)n2)n1. The fraction of sp³-hybridized carbons (Fsp3) is 0.462. The molecule has 6 heteroatoms. The number of nitrogens with zero attached hydrogens (tertiary/aromatic N) is 3. The van der Waals surface area contributed by atoms with Gasteiger partial charge in [-0.15, -0.1) is 11.3 Å². The fourth-order valence-corrected chi connectivity index (χ4v) is 2.59. The van der Waals surface area contributed by atoms with Crippen LogP contribution in [0.15, 0.2) is 16.0 Å². The number of rotatable bonds is 3. The first kappa shape index (κ1) is 14.4. The molecular formula is C13H17BrN4S. The number of anilines is 1. The van der Waals surface area contributed by atoms with E-state index in [1.54, 1.807) is 11.3 Å². The summed E-state index contributed by atoms with van der Waals surface area (Å²) < 4.78 is 0.797. The van der Waals surface area contributed by atoms with E-state index in [4.69, 9.17) is 0 Å². The Balaban J connectivity index is 2.14. The molecule has 2 aromatic heterocycles. The molecule has 19 heavy (non-hydrogen) atoms. The minimum Gasteiger partial charge on any atom is -0.363 e. The predicted molar refractivity (Wildman–Crippen MR) is 82.6 cm³/mol. The van der Waals surface area contributed by atoms with Crippen LogP contribution in [0.1, 0.15) is 37.3 Å². The van der Waals surface area contributed by atoms with Crippen molar-refractivity contribution in [3.05, 3.63) is 32.6 Å². The summed E-state index contributed by atoms with van der Waals surface area (Å²) >= 11 is 5.09. The van der Waals surface area contributed by atoms with Gasteiger partial charge in [-0.25, -0.2) is 15.0 Å². The maximum absolute atomic E-state index is 4.55. The van der Waals surface area contributed by atoms with Gasteiger partial charge >= 0.3 is 0 Å². The van der Waals surface area contributed by atoms with Crippen molar-refractivity contribution in [2.45, 2.75) is 39.7 Å². The monoisotopic (exact) mass is 340 g/mol. The third-order valence-electron chi connectivity index (χ3n) is 2.45. The summed E-state index contributed by atoms with van der Waals surface area (Å²) in [5.41, 5.74) is 0.985. The normalized spacial score (nSPS) is 11.6. The van der Waals surface area contributed by atoms with Crippen LogP contribution in [0.5, 0.6) is 0 Å². The molecular weight excluding hydrogens is 324 g/mol. The van der Waals surface area contributed by atoms with E-state index in [0.29, 0.717) is 6.54 Å². The van der Waals surface area contributed by atoms with Gasteiger partial charge in [-0.3, -0.25) is 0 Å². The molecule has 0 bridgehead atoms. The second-order valence-corrected chi connectivity index (χ2v) is 7.14. The summed E-state index contributed by atoms with van der Waals surface area (Å²) in [6, 6.07) is 1.88. The van der Waals surface area contributed by atoms with E-state index in [0.717, 1.165) is 26.9 Å². The Labute approximate surface area is 125 Å². The first-order chi connectivity index (χ1) is 8.84. The van der Waals surface area contributed by atoms with Gasteiger partial charge in [0.05, 0.1) is 6.54 Å². The average molecular weight is 341 g/mol. The maximum Gasteiger partial charge on any atom is 0.137 e. The molecule has 0 aromatic carbocycles. The molecule has 2 aromatic rings. The van der Waals surface area contributed by atoms with Crippen LogP contribution < -0.4 is 5.32 Å². The highest BCUT2D eigenvalue weighted by Gasteiger charge is 2.18. The van der Waals surface area contributed by atoms with Crippen LogP contribution in [0.4, 0.5) is 5.82 Å². The quantitative estimate of drug-likeness (QED) is 0.860. The molecule has 0 atom stereocenters. The molecule has 2 heterocycles. The van der Waals surface area contributed by atoms with Crippen molar-refractivity contribution in [1.82, 2.24) is 15.0 Å². The van der Waals surface area contributed by atoms with Gasteiger partial charge in [0.2, 0.25) is 0 Å². The van der Waals surface area contributed by atoms with Crippen LogP contribution in [-0.4, -0.2) is 15.0 Å². The number of thiazole rings is 1. The van der Waals surface area contributed by atoms with Crippen molar-refractivity contribution in [2.24, 2.45) is 0 Å². The van der Waals surface area contributed by atoms with Crippen LogP contribution in [0.2, 0.25) is 0 Å². The van der Waals surface area contributed by atoms with Crippen molar-refractivity contribution in [1.29, 1.82) is 0 Å². The highest BCUT2D eigenvalue weighted by molar-refractivity contribution is 9.10. The molecule has 102 valence electrons. The molecule has 0 amide bonds. The molecule has 0 aliphatic rings. The molecule has 4 nitrogen and oxygen atoms in total. The summed E-state index contributed by atoms with van der Waals surface area (Å²) in [6.45, 7) is 8.98. The summed E-state index contributed by atoms with van der Waals surface area (Å²) in [6.07, 6.45) is 0. The van der Waals surface area contributed by atoms with Gasteiger partial charge in [0, 0.05) is 22.6 Å². The zero-order valence-corrected chi connectivity index (χ0v) is 13.9. The van der Waals surface area contributed by atoms with E-state index >= 15 is 0 Å². The Bertz CT molecular complexity index is 574. The largest absolute Gasteiger partial charge is 0.363 e. The Morgan fingerprint density at radius 3 is 2.58 bits per heavy atom. The number of aryl methyl sites for hydroxylation is 1. The van der Waals surface area contributed by atoms with E-state index in [1.807, 2.05) is 18.4 Å². The summed E-state index contributed by atoms with van der Waals surface area (Å²) in [4.78, 5) is 13.4. The average Bonchev–Trinajstić information content (AvgIpc) is 2.71. The standard InChI is InChI=1S/C13H17BrN4S/c1-8-7-19-11(16-8)6-15-10-5-9(14)17-12(18-10)13(2,3)4/h5,7H,6H2,1-4H3,(H,15,17,18). The number of aromatic nitrogens is 3. The highest BCUT2D eigenvalue weighted by atomic mass is 79.9. The summed E-state index contributed by atoms with van der Waals surface area (Å²) in [5.74, 6) is 1.64. The first-order valence-electron chi connectivity index (χ1n) is 6.04. The van der Waals surface area contributed by atoms with Crippen LogP contribution >= 0.6 is 27.3 Å². The second-order valence-electron chi connectivity index (χ2n) is 5.39. The molecule has 1 N–H and O–H groups in total. The van der Waals surface area contributed by atoms with Crippen molar-refractivity contribution in [3.8, 4) is 0 Å². The molecule has 0 aliphatic carbocycles. The topological polar surface area (TPSA) is 50.7 Å². The zero-order chi connectivity index (χ0) is 14.0. The molecule has 0 spiro atoms. The molecule has 0 saturated heterocycles. The number of nitrogens with one attached hydrogen (secondary N) is 1. The van der Waals surface area contributed by atoms with Gasteiger partial charge in [0.1, 0.15) is 21.3 Å². The summed E-state index contributed by atoms with van der Waals surface area (Å²) in [5, 5.41) is 6.40. The predicted octanol–water partition coefficient (Wildman–Crippen LogP) is 3.91. The van der Waals surface area contributed by atoms with Crippen LogP contribution in [0.25, 0.3) is 0 Å². The van der Waals surface area contributed by atoms with Crippen molar-refractivity contribution >= 4 is 33.1 Å². The number of halogens is 1. The van der Waals surface area contributed by atoms with Gasteiger partial charge < -0.3 is 5.32 Å². The lowest BCUT2D eigenvalue weighted by molar-refractivity contribution is 0.544. The zero-order valence-electron chi connectivity index (χ0n) is 11.5. The van der Waals surface area contributed by atoms with E-state index < -0.39 is 0 Å². The van der Waals surface area contributed by atoms with Crippen LogP contribution in [-0.2, 0) is 12.0 Å². The lowest BCUT2D eigenvalue weighted by Gasteiger charge is -2.17. The van der Waals surface area contributed by atoms with Gasteiger partial charge in [-0.2, -0.15) is 0 Å². The van der Waals surface area contributed by atoms with Gasteiger partial charge in [0.25, 0.3) is 0 Å². The van der Waals surface area contributed by atoms with E-state index in [-0.39, 0.29) is 5.41 Å². The smallest absolute Gasteiger partial charge is 0.137 e. The summed E-state index contributed by atoms with van der Waals surface area (Å²) in [7, 11) is 0. The Morgan fingerprint density at radius 2 is 2.00 bits per heavy atom. The third kappa shape index (κ3) is 3.98. The lowest BCUT2D eigenvalue weighted by Crippen LogP contribution is -2.17. The van der Waals surface area contributed by atoms with E-state index in [9.17, 15) is 0 Å². The number of hydrogen-bond donors (Lipinski definition) is 1. The number of hydrogen-bond acceptors (Lipinski definition) is 5. The van der Waals surface area contributed by atoms with Crippen molar-refractivity contribution in [3.63, 3.8) is 0 Å². The molecule has 0 saturated carbocycles. The maximum atomic E-state index is 4.55. The minimum absolute atomic E-state index is 0.0714. The van der Waals surface area contributed by atoms with Crippen molar-refractivity contribution in [2.75, 3.05) is 5.32 Å². The van der Waals surface area contributed by atoms with Crippen molar-refractivity contribution < 1.29 is 0 Å². The van der Waals surface area contributed by atoms with Gasteiger partial charge in [0.15, 0.2) is 0 Å². The Hall–Kier alpha value is -1.01. The molecule has 2 rings (SSSR count). The third-order valence-corrected chi connectivity index (χ3v) is 3.83. The molecule has 0 radical (unpaired) electrons. The van der Waals surface area contributed by atoms with Crippen LogP contribution in [0, 0.1) is 6.92 Å². The highest BCUT2D eigenvalue weighted by Crippen LogP contribution is 2.22. The van der Waals surface area contributed by atoms with E-state index in [1.165, 1.54) is 0 Å². The Kier molecular flexibility index (Phi) is 4.20. The fourth-order valence-electron chi connectivity index (χ4n) is 1.49.